The number of carbonyl (C=O) groups is 1. The van der Waals surface area contributed by atoms with Crippen LogP contribution in [0.5, 0.6) is 0 Å². The number of carboxylic acids is 1. The van der Waals surface area contributed by atoms with Crippen LogP contribution in [0.2, 0.25) is 0 Å². The number of aryl methyl sites for hydroxylation is 1. The zero-order valence-electron chi connectivity index (χ0n) is 20.1. The van der Waals surface area contributed by atoms with E-state index in [0.717, 1.165) is 52.0 Å². The molecule has 0 aliphatic rings. The number of pyridine rings is 1. The quantitative estimate of drug-likeness (QED) is 0.275. The fraction of sp³-hybridized carbons (Fsp3) is 0.179. The number of benzene rings is 3. The van der Waals surface area contributed by atoms with E-state index in [9.17, 15) is 9.90 Å². The van der Waals surface area contributed by atoms with Crippen molar-refractivity contribution in [3.8, 4) is 22.5 Å². The Bertz CT molecular complexity index is 1530. The summed E-state index contributed by atoms with van der Waals surface area (Å²) in [5.74, 6) is -0.401. The van der Waals surface area contributed by atoms with Gasteiger partial charge in [-0.3, -0.25) is 4.98 Å². The number of anilines is 1. The average Bonchev–Trinajstić information content (AvgIpc) is 3.44. The molecule has 2 heterocycles. The first-order chi connectivity index (χ1) is 17.6. The number of aromatic carboxylic acids is 1. The molecule has 0 spiro atoms. The summed E-state index contributed by atoms with van der Waals surface area (Å²) in [6, 6.07) is 21.7. The molecule has 0 atom stereocenters. The maximum atomic E-state index is 12.5. The Balaban J connectivity index is 1.56. The highest BCUT2D eigenvalue weighted by Gasteiger charge is 2.21. The number of nitrogens with zero attached hydrogens (tertiary/aromatic N) is 4. The molecule has 180 valence electrons. The van der Waals surface area contributed by atoms with Gasteiger partial charge in [0, 0.05) is 35.8 Å². The van der Waals surface area contributed by atoms with Gasteiger partial charge in [0.05, 0.1) is 11.1 Å². The standard InChI is InChI=1S/C28H26N6O2/c1-3-6-24-22(26(28(35)36)23-16-19(29-2)13-14-25(23)30-24)15-17-9-11-18(12-10-17)20-7-4-5-8-21(20)27-31-33-34-32-27/h4-5,7-14,16,29H,3,6,15H2,1-2H3,(H,35,36)(H,31,32,33,34). The van der Waals surface area contributed by atoms with Gasteiger partial charge < -0.3 is 10.4 Å². The van der Waals surface area contributed by atoms with Crippen LogP contribution in [0, 0.1) is 0 Å². The average molecular weight is 479 g/mol. The highest BCUT2D eigenvalue weighted by Crippen LogP contribution is 2.32. The second-order valence-corrected chi connectivity index (χ2v) is 8.60. The highest BCUT2D eigenvalue weighted by atomic mass is 16.4. The number of aromatic nitrogens is 5. The Morgan fingerprint density at radius 2 is 1.81 bits per heavy atom. The molecule has 3 aromatic carbocycles. The SMILES string of the molecule is CCCc1nc2ccc(NC)cc2c(C(=O)O)c1Cc1ccc(-c2ccccc2-c2nn[nH]n2)cc1. The van der Waals surface area contributed by atoms with Crippen LogP contribution in [-0.2, 0) is 12.8 Å². The molecule has 0 unspecified atom stereocenters. The molecule has 5 rings (SSSR count). The van der Waals surface area contributed by atoms with E-state index in [0.29, 0.717) is 28.7 Å². The first-order valence-electron chi connectivity index (χ1n) is 11.9. The van der Waals surface area contributed by atoms with E-state index in [-0.39, 0.29) is 0 Å². The number of hydrogen-bond acceptors (Lipinski definition) is 6. The summed E-state index contributed by atoms with van der Waals surface area (Å²) in [7, 11) is 1.82. The zero-order valence-corrected chi connectivity index (χ0v) is 20.1. The van der Waals surface area contributed by atoms with Crippen molar-refractivity contribution in [3.63, 3.8) is 0 Å². The Hall–Kier alpha value is -4.59. The molecule has 0 saturated carbocycles. The molecule has 36 heavy (non-hydrogen) atoms. The monoisotopic (exact) mass is 478 g/mol. The molecule has 8 heteroatoms. The van der Waals surface area contributed by atoms with Crippen molar-refractivity contribution in [2.75, 3.05) is 12.4 Å². The third kappa shape index (κ3) is 4.40. The highest BCUT2D eigenvalue weighted by molar-refractivity contribution is 6.05. The van der Waals surface area contributed by atoms with E-state index in [1.54, 1.807) is 0 Å². The predicted octanol–water partition coefficient (Wildman–Crippen LogP) is 5.37. The van der Waals surface area contributed by atoms with Gasteiger partial charge in [0.1, 0.15) is 0 Å². The van der Waals surface area contributed by atoms with Gasteiger partial charge >= 0.3 is 5.97 Å². The maximum Gasteiger partial charge on any atom is 0.336 e. The lowest BCUT2D eigenvalue weighted by Gasteiger charge is -2.16. The van der Waals surface area contributed by atoms with E-state index in [1.807, 2.05) is 73.8 Å². The molecule has 0 bridgehead atoms. The van der Waals surface area contributed by atoms with Crippen molar-refractivity contribution in [2.45, 2.75) is 26.2 Å². The molecule has 0 aliphatic carbocycles. The number of hydrogen-bond donors (Lipinski definition) is 3. The molecule has 5 aromatic rings. The summed E-state index contributed by atoms with van der Waals surface area (Å²) in [5.41, 5.74) is 7.40. The molecule has 0 amide bonds. The van der Waals surface area contributed by atoms with Gasteiger partial charge in [-0.15, -0.1) is 10.2 Å². The molecule has 8 nitrogen and oxygen atoms in total. The van der Waals surface area contributed by atoms with Gasteiger partial charge in [-0.05, 0) is 52.1 Å². The molecule has 3 N–H and O–H groups in total. The molecule has 0 fully saturated rings. The minimum absolute atomic E-state index is 0.326. The van der Waals surface area contributed by atoms with Crippen molar-refractivity contribution in [3.05, 3.63) is 89.1 Å². The molecular weight excluding hydrogens is 452 g/mol. The van der Waals surface area contributed by atoms with Crippen molar-refractivity contribution in [2.24, 2.45) is 0 Å². The van der Waals surface area contributed by atoms with Gasteiger partial charge in [-0.2, -0.15) is 5.21 Å². The fourth-order valence-electron chi connectivity index (χ4n) is 4.60. The number of rotatable bonds is 8. The third-order valence-corrected chi connectivity index (χ3v) is 6.32. The normalized spacial score (nSPS) is 11.1. The lowest BCUT2D eigenvalue weighted by atomic mass is 9.92. The van der Waals surface area contributed by atoms with Crippen LogP contribution in [0.25, 0.3) is 33.4 Å². The number of tetrazole rings is 1. The summed E-state index contributed by atoms with van der Waals surface area (Å²) < 4.78 is 0. The van der Waals surface area contributed by atoms with Crippen molar-refractivity contribution in [1.29, 1.82) is 0 Å². The summed E-state index contributed by atoms with van der Waals surface area (Å²) in [6.07, 6.45) is 2.08. The van der Waals surface area contributed by atoms with E-state index >= 15 is 0 Å². The Morgan fingerprint density at radius 1 is 1.03 bits per heavy atom. The first-order valence-corrected chi connectivity index (χ1v) is 11.9. The molecule has 0 aliphatic heterocycles. The van der Waals surface area contributed by atoms with E-state index < -0.39 is 5.97 Å². The van der Waals surface area contributed by atoms with E-state index in [1.165, 1.54) is 0 Å². The lowest BCUT2D eigenvalue weighted by molar-refractivity contribution is 0.0697. The minimum Gasteiger partial charge on any atom is -0.478 e. The number of H-pyrrole nitrogens is 1. The Labute approximate surface area is 208 Å². The molecule has 0 radical (unpaired) electrons. The molecule has 2 aromatic heterocycles. The summed E-state index contributed by atoms with van der Waals surface area (Å²) in [4.78, 5) is 17.4. The van der Waals surface area contributed by atoms with E-state index in [2.05, 4.69) is 32.9 Å². The molecule has 0 saturated heterocycles. The van der Waals surface area contributed by atoms with Crippen LogP contribution in [-0.4, -0.2) is 43.7 Å². The summed E-state index contributed by atoms with van der Waals surface area (Å²) in [6.45, 7) is 2.08. The summed E-state index contributed by atoms with van der Waals surface area (Å²) >= 11 is 0. The Kier molecular flexibility index (Phi) is 6.40. The topological polar surface area (TPSA) is 117 Å². The van der Waals surface area contributed by atoms with Crippen LogP contribution in [0.15, 0.2) is 66.7 Å². The van der Waals surface area contributed by atoms with Crippen molar-refractivity contribution in [1.82, 2.24) is 25.6 Å². The number of carboxylic acid groups (broad SMARTS) is 1. The lowest BCUT2D eigenvalue weighted by Crippen LogP contribution is -2.11. The van der Waals surface area contributed by atoms with Gasteiger partial charge in [0.2, 0.25) is 5.82 Å². The second-order valence-electron chi connectivity index (χ2n) is 8.60. The van der Waals surface area contributed by atoms with Crippen LogP contribution in [0.1, 0.15) is 40.5 Å². The number of fused-ring (bicyclic) bond motifs is 1. The van der Waals surface area contributed by atoms with Crippen molar-refractivity contribution >= 4 is 22.6 Å². The van der Waals surface area contributed by atoms with Gasteiger partial charge in [-0.25, -0.2) is 4.79 Å². The van der Waals surface area contributed by atoms with E-state index in [4.69, 9.17) is 4.98 Å². The van der Waals surface area contributed by atoms with Crippen LogP contribution in [0.3, 0.4) is 0 Å². The Morgan fingerprint density at radius 3 is 2.47 bits per heavy atom. The van der Waals surface area contributed by atoms with Crippen molar-refractivity contribution < 1.29 is 9.90 Å². The van der Waals surface area contributed by atoms with Gasteiger partial charge in [0.25, 0.3) is 0 Å². The fourth-order valence-corrected chi connectivity index (χ4v) is 4.60. The molecular formula is C28H26N6O2. The van der Waals surface area contributed by atoms with Crippen LogP contribution in [0.4, 0.5) is 5.69 Å². The second kappa shape index (κ2) is 9.95. The summed E-state index contributed by atoms with van der Waals surface area (Å²) in [5, 5.41) is 28.4. The van der Waals surface area contributed by atoms with Crippen LogP contribution < -0.4 is 5.32 Å². The zero-order chi connectivity index (χ0) is 25.1. The van der Waals surface area contributed by atoms with Gasteiger partial charge in [-0.1, -0.05) is 61.9 Å². The largest absolute Gasteiger partial charge is 0.478 e. The maximum absolute atomic E-state index is 12.5. The number of nitrogens with one attached hydrogen (secondary N) is 2. The minimum atomic E-state index is -0.936. The predicted molar refractivity (Wildman–Crippen MR) is 140 cm³/mol. The smallest absolute Gasteiger partial charge is 0.336 e. The van der Waals surface area contributed by atoms with Gasteiger partial charge in [0.15, 0.2) is 0 Å². The number of aromatic amines is 1. The third-order valence-electron chi connectivity index (χ3n) is 6.32. The first kappa shape index (κ1) is 23.2. The van der Waals surface area contributed by atoms with Crippen LogP contribution >= 0.6 is 0 Å².